The largest absolute Gasteiger partial charge is 0.497 e. The van der Waals surface area contributed by atoms with E-state index in [4.69, 9.17) is 18.9 Å². The summed E-state index contributed by atoms with van der Waals surface area (Å²) >= 11 is 0. The van der Waals surface area contributed by atoms with E-state index in [1.807, 2.05) is 6.92 Å². The molecule has 0 fully saturated rings. The first-order chi connectivity index (χ1) is 12.6. The minimum Gasteiger partial charge on any atom is -0.497 e. The zero-order valence-electron chi connectivity index (χ0n) is 14.9. The van der Waals surface area contributed by atoms with Crippen LogP contribution >= 0.6 is 0 Å². The van der Waals surface area contributed by atoms with Gasteiger partial charge in [-0.05, 0) is 31.2 Å². The van der Waals surface area contributed by atoms with Crippen LogP contribution in [-0.4, -0.2) is 39.3 Å². The quantitative estimate of drug-likeness (QED) is 0.730. The molecule has 0 saturated heterocycles. The summed E-state index contributed by atoms with van der Waals surface area (Å²) in [5.74, 6) is 0.323. The second-order valence-corrected chi connectivity index (χ2v) is 5.12. The van der Waals surface area contributed by atoms with Gasteiger partial charge in [0, 0.05) is 6.07 Å². The van der Waals surface area contributed by atoms with E-state index in [-0.39, 0.29) is 5.56 Å². The molecule has 0 unspecified atom stereocenters. The van der Waals surface area contributed by atoms with Crippen LogP contribution in [0.25, 0.3) is 0 Å². The number of benzene rings is 2. The van der Waals surface area contributed by atoms with Gasteiger partial charge in [-0.25, -0.2) is 4.79 Å². The van der Waals surface area contributed by atoms with Gasteiger partial charge in [-0.3, -0.25) is 4.79 Å². The molecule has 0 heterocycles. The van der Waals surface area contributed by atoms with Crippen LogP contribution < -0.4 is 19.5 Å². The molecular formula is C19H21NO6. The first kappa shape index (κ1) is 19.1. The Labute approximate surface area is 151 Å². The number of carbonyl (C=O) groups excluding carboxylic acids is 2. The Bertz CT molecular complexity index is 774. The van der Waals surface area contributed by atoms with Crippen LogP contribution in [0.2, 0.25) is 0 Å². The van der Waals surface area contributed by atoms with Crippen molar-refractivity contribution in [2.75, 3.05) is 32.8 Å². The van der Waals surface area contributed by atoms with Gasteiger partial charge in [0.2, 0.25) is 0 Å². The molecule has 2 rings (SSSR count). The zero-order valence-corrected chi connectivity index (χ0v) is 14.9. The van der Waals surface area contributed by atoms with Crippen molar-refractivity contribution >= 4 is 17.6 Å². The van der Waals surface area contributed by atoms with E-state index < -0.39 is 18.5 Å². The number of hydrogen-bond donors (Lipinski definition) is 1. The van der Waals surface area contributed by atoms with Gasteiger partial charge in [0.05, 0.1) is 26.5 Å². The minimum atomic E-state index is -0.633. The lowest BCUT2D eigenvalue weighted by Gasteiger charge is -2.12. The van der Waals surface area contributed by atoms with E-state index >= 15 is 0 Å². The van der Waals surface area contributed by atoms with Crippen LogP contribution in [0.5, 0.6) is 17.2 Å². The molecule has 138 valence electrons. The van der Waals surface area contributed by atoms with Crippen LogP contribution in [0.1, 0.15) is 17.3 Å². The number of rotatable bonds is 8. The highest BCUT2D eigenvalue weighted by molar-refractivity contribution is 5.97. The lowest BCUT2D eigenvalue weighted by molar-refractivity contribution is -0.119. The number of esters is 1. The predicted octanol–water partition coefficient (Wildman–Crippen LogP) is 2.90. The third kappa shape index (κ3) is 4.89. The lowest BCUT2D eigenvalue weighted by Crippen LogP contribution is -2.21. The second-order valence-electron chi connectivity index (χ2n) is 5.12. The standard InChI is InChI=1S/C19H21NO6/c1-4-25-16-8-6-5-7-14(16)19(22)26-12-18(21)20-15-10-9-13(23-2)11-17(15)24-3/h5-11H,4,12H2,1-3H3,(H,20,21). The van der Waals surface area contributed by atoms with Crippen LogP contribution in [0.15, 0.2) is 42.5 Å². The van der Waals surface area contributed by atoms with E-state index in [0.717, 1.165) is 0 Å². The van der Waals surface area contributed by atoms with Gasteiger partial charge >= 0.3 is 5.97 Å². The summed E-state index contributed by atoms with van der Waals surface area (Å²) in [7, 11) is 3.02. The number of nitrogens with one attached hydrogen (secondary N) is 1. The summed E-state index contributed by atoms with van der Waals surface area (Å²) < 4.78 is 20.8. The molecule has 0 saturated carbocycles. The fraction of sp³-hybridized carbons (Fsp3) is 0.263. The molecule has 0 aromatic heterocycles. The molecule has 0 atom stereocenters. The number of carbonyl (C=O) groups is 2. The third-order valence-electron chi connectivity index (χ3n) is 3.42. The van der Waals surface area contributed by atoms with E-state index in [2.05, 4.69) is 5.32 Å². The van der Waals surface area contributed by atoms with Crippen LogP contribution in [0.4, 0.5) is 5.69 Å². The maximum absolute atomic E-state index is 12.2. The lowest BCUT2D eigenvalue weighted by atomic mass is 10.2. The molecule has 1 N–H and O–H groups in total. The molecule has 26 heavy (non-hydrogen) atoms. The molecule has 0 aliphatic rings. The average molecular weight is 359 g/mol. The SMILES string of the molecule is CCOc1ccccc1C(=O)OCC(=O)Nc1ccc(OC)cc1OC. The van der Waals surface area contributed by atoms with E-state index in [1.165, 1.54) is 14.2 Å². The summed E-state index contributed by atoms with van der Waals surface area (Å²) in [5.41, 5.74) is 0.716. The highest BCUT2D eigenvalue weighted by atomic mass is 16.5. The summed E-state index contributed by atoms with van der Waals surface area (Å²) in [5, 5.41) is 2.63. The predicted molar refractivity (Wildman–Crippen MR) is 96.1 cm³/mol. The van der Waals surface area contributed by atoms with Crippen LogP contribution in [0.3, 0.4) is 0 Å². The van der Waals surface area contributed by atoms with Gasteiger partial charge in [0.15, 0.2) is 6.61 Å². The molecule has 7 heteroatoms. The summed E-state index contributed by atoms with van der Waals surface area (Å²) in [6, 6.07) is 11.7. The monoisotopic (exact) mass is 359 g/mol. The fourth-order valence-corrected chi connectivity index (χ4v) is 2.21. The molecule has 0 aliphatic carbocycles. The number of ether oxygens (including phenoxy) is 4. The van der Waals surface area contributed by atoms with Crippen molar-refractivity contribution < 1.29 is 28.5 Å². The van der Waals surface area contributed by atoms with Crippen molar-refractivity contribution in [2.24, 2.45) is 0 Å². The molecular weight excluding hydrogens is 338 g/mol. The van der Waals surface area contributed by atoms with Crippen molar-refractivity contribution in [1.29, 1.82) is 0 Å². The normalized spacial score (nSPS) is 9.96. The molecule has 2 aromatic carbocycles. The van der Waals surface area contributed by atoms with Gasteiger partial charge in [-0.2, -0.15) is 0 Å². The number of hydrogen-bond acceptors (Lipinski definition) is 6. The molecule has 0 spiro atoms. The van der Waals surface area contributed by atoms with Gasteiger partial charge in [-0.1, -0.05) is 12.1 Å². The van der Waals surface area contributed by atoms with Crippen LogP contribution in [0, 0.1) is 0 Å². The first-order valence-corrected chi connectivity index (χ1v) is 7.99. The maximum Gasteiger partial charge on any atom is 0.342 e. The molecule has 0 radical (unpaired) electrons. The summed E-state index contributed by atoms with van der Waals surface area (Å²) in [6.07, 6.45) is 0. The fourth-order valence-electron chi connectivity index (χ4n) is 2.21. The number of methoxy groups -OCH3 is 2. The van der Waals surface area contributed by atoms with E-state index in [9.17, 15) is 9.59 Å². The van der Waals surface area contributed by atoms with Crippen molar-refractivity contribution in [3.8, 4) is 17.2 Å². The number of para-hydroxylation sites is 1. The maximum atomic E-state index is 12.2. The second kappa shape index (κ2) is 9.31. The summed E-state index contributed by atoms with van der Waals surface area (Å²) in [4.78, 5) is 24.3. The molecule has 0 aliphatic heterocycles. The topological polar surface area (TPSA) is 83.1 Å². The molecule has 0 bridgehead atoms. The zero-order chi connectivity index (χ0) is 18.9. The van der Waals surface area contributed by atoms with Gasteiger partial charge < -0.3 is 24.3 Å². The Morgan fingerprint density at radius 1 is 1.00 bits per heavy atom. The van der Waals surface area contributed by atoms with Crippen molar-refractivity contribution in [3.05, 3.63) is 48.0 Å². The number of amides is 1. The van der Waals surface area contributed by atoms with Crippen molar-refractivity contribution in [2.45, 2.75) is 6.92 Å². The van der Waals surface area contributed by atoms with Gasteiger partial charge in [0.25, 0.3) is 5.91 Å². The Morgan fingerprint density at radius 2 is 1.77 bits per heavy atom. The van der Waals surface area contributed by atoms with Gasteiger partial charge in [-0.15, -0.1) is 0 Å². The first-order valence-electron chi connectivity index (χ1n) is 7.99. The molecule has 7 nitrogen and oxygen atoms in total. The Kier molecular flexibility index (Phi) is 6.84. The average Bonchev–Trinajstić information content (AvgIpc) is 2.67. The molecule has 1 amide bonds. The summed E-state index contributed by atoms with van der Waals surface area (Å²) in [6.45, 7) is 1.80. The third-order valence-corrected chi connectivity index (χ3v) is 3.42. The Hall–Kier alpha value is -3.22. The van der Waals surface area contributed by atoms with Crippen molar-refractivity contribution in [3.63, 3.8) is 0 Å². The van der Waals surface area contributed by atoms with E-state index in [1.54, 1.807) is 42.5 Å². The Balaban J connectivity index is 1.98. The minimum absolute atomic E-state index is 0.268. The smallest absolute Gasteiger partial charge is 0.342 e. The Morgan fingerprint density at radius 3 is 2.46 bits per heavy atom. The number of anilines is 1. The van der Waals surface area contributed by atoms with Gasteiger partial charge in [0.1, 0.15) is 22.8 Å². The van der Waals surface area contributed by atoms with E-state index in [0.29, 0.717) is 29.5 Å². The highest BCUT2D eigenvalue weighted by Crippen LogP contribution is 2.29. The van der Waals surface area contributed by atoms with Crippen LogP contribution in [-0.2, 0) is 9.53 Å². The van der Waals surface area contributed by atoms with Crippen molar-refractivity contribution in [1.82, 2.24) is 0 Å². The molecule has 2 aromatic rings. The highest BCUT2D eigenvalue weighted by Gasteiger charge is 2.16.